The van der Waals surface area contributed by atoms with E-state index in [1.54, 1.807) is 0 Å². The fourth-order valence-electron chi connectivity index (χ4n) is 6.87. The number of ether oxygens (including phenoxy) is 5. The van der Waals surface area contributed by atoms with Crippen molar-refractivity contribution in [3.8, 4) is 0 Å². The Bertz CT molecular complexity index is 1790. The first-order valence-corrected chi connectivity index (χ1v) is 23.7. The Morgan fingerprint density at radius 2 is 1.65 bits per heavy atom. The van der Waals surface area contributed by atoms with E-state index < -0.39 is 90.8 Å². The number of thioether (sulfide) groups is 1. The van der Waals surface area contributed by atoms with Crippen LogP contribution in [0.1, 0.15) is 132 Å². The van der Waals surface area contributed by atoms with Gasteiger partial charge < -0.3 is 49.8 Å². The highest BCUT2D eigenvalue weighted by Crippen LogP contribution is 2.41. The van der Waals surface area contributed by atoms with Gasteiger partial charge in [0.05, 0.1) is 56.1 Å². The standard InChI is InChI=1S/C44H71F2N5O13S/c1-8-41(4,5)32(53)14-18-42(6,9-2)62-23-19-43(7,10-3)61-22-17-34(54)48-31(28-65-27-29-12-11-13-37(57)63-29)38(58)47-20-15-36(56)60-26-35(55)49-33-16-21-51(40(59)50-33)39-44(45,46)24-30(25-52)64-39/h16,21,29-31,37,39,52,57H,8-15,17-20,22-28H2,1-7H3,(H,47,58)(H,48,54)(H,49,50,55,59)/t29?,30-,31+,37-,39+,42?,43?/m0/s1. The number of nitrogens with one attached hydrogen (secondary N) is 3. The van der Waals surface area contributed by atoms with Gasteiger partial charge in [-0.1, -0.05) is 34.6 Å². The lowest BCUT2D eigenvalue weighted by Gasteiger charge is -2.33. The third-order valence-corrected chi connectivity index (χ3v) is 13.3. The zero-order valence-corrected chi connectivity index (χ0v) is 39.7. The molecule has 3 amide bonds. The maximum Gasteiger partial charge on any atom is 0.351 e. The SMILES string of the molecule is CCC(C)(CCOC(C)(CC)CCC(=O)C(C)(C)CC)OCCC(=O)N[C@H](CSCC1CCC[C@@H](O)O1)C(=O)NCCC(=O)OCC(=O)Nc1ccn([C@@H]2O[C@H](CO)CC2(F)F)c(=O)n1. The maximum atomic E-state index is 14.3. The van der Waals surface area contributed by atoms with E-state index in [2.05, 4.69) is 20.9 Å². The molecule has 0 spiro atoms. The van der Waals surface area contributed by atoms with Crippen LogP contribution in [0.3, 0.4) is 0 Å². The van der Waals surface area contributed by atoms with Crippen molar-refractivity contribution in [2.45, 2.75) is 173 Å². The number of ketones is 1. The first-order valence-electron chi connectivity index (χ1n) is 22.6. The van der Waals surface area contributed by atoms with Gasteiger partial charge in [0.25, 0.3) is 11.8 Å². The van der Waals surface area contributed by atoms with Gasteiger partial charge >= 0.3 is 11.7 Å². The molecule has 0 bridgehead atoms. The van der Waals surface area contributed by atoms with Crippen molar-refractivity contribution >= 4 is 47.1 Å². The van der Waals surface area contributed by atoms with Crippen LogP contribution in [0.15, 0.2) is 17.1 Å². The number of esters is 1. The summed E-state index contributed by atoms with van der Waals surface area (Å²) in [6.07, 6.45) is 1.43. The van der Waals surface area contributed by atoms with Crippen molar-refractivity contribution in [2.24, 2.45) is 5.41 Å². The minimum absolute atomic E-state index is 0.0379. The summed E-state index contributed by atoms with van der Waals surface area (Å²) in [7, 11) is 0. The van der Waals surface area contributed by atoms with Crippen molar-refractivity contribution in [1.29, 1.82) is 0 Å². The third-order valence-electron chi connectivity index (χ3n) is 12.2. The Hall–Kier alpha value is -3.60. The number of aliphatic hydroxyl groups is 2. The van der Waals surface area contributed by atoms with E-state index >= 15 is 0 Å². The molecule has 18 nitrogen and oxygen atoms in total. The van der Waals surface area contributed by atoms with Crippen molar-refractivity contribution in [3.05, 3.63) is 22.7 Å². The molecule has 7 atom stereocenters. The molecule has 65 heavy (non-hydrogen) atoms. The Labute approximate surface area is 384 Å². The molecule has 5 N–H and O–H groups in total. The number of hydrogen-bond donors (Lipinski definition) is 5. The summed E-state index contributed by atoms with van der Waals surface area (Å²) in [6.45, 7) is 12.8. The molecule has 3 rings (SSSR count). The lowest BCUT2D eigenvalue weighted by molar-refractivity contribution is -0.155. The number of amides is 3. The highest BCUT2D eigenvalue weighted by atomic mass is 32.2. The van der Waals surface area contributed by atoms with E-state index in [0.717, 1.165) is 37.9 Å². The van der Waals surface area contributed by atoms with Gasteiger partial charge in [-0.15, -0.1) is 0 Å². The number of aromatic nitrogens is 2. The smallest absolute Gasteiger partial charge is 0.351 e. The third kappa shape index (κ3) is 18.5. The van der Waals surface area contributed by atoms with Crippen molar-refractivity contribution in [2.75, 3.05) is 49.8 Å². The average molecular weight is 948 g/mol. The molecule has 3 heterocycles. The molecular formula is C44H71F2N5O13S. The molecule has 2 saturated heterocycles. The largest absolute Gasteiger partial charge is 0.456 e. The second-order valence-corrected chi connectivity index (χ2v) is 18.9. The molecule has 0 aliphatic carbocycles. The van der Waals surface area contributed by atoms with Gasteiger partial charge in [-0.25, -0.2) is 13.6 Å². The monoisotopic (exact) mass is 947 g/mol. The second-order valence-electron chi connectivity index (χ2n) is 17.8. The zero-order chi connectivity index (χ0) is 48.4. The van der Waals surface area contributed by atoms with Crippen molar-refractivity contribution in [1.82, 2.24) is 20.2 Å². The van der Waals surface area contributed by atoms with Crippen LogP contribution in [0.25, 0.3) is 0 Å². The first-order chi connectivity index (χ1) is 30.6. The second kappa shape index (κ2) is 26.1. The zero-order valence-electron chi connectivity index (χ0n) is 38.9. The first kappa shape index (κ1) is 55.7. The topological polar surface area (TPSA) is 243 Å². The van der Waals surface area contributed by atoms with E-state index in [-0.39, 0.29) is 54.9 Å². The highest BCUT2D eigenvalue weighted by molar-refractivity contribution is 7.99. The molecule has 370 valence electrons. The molecule has 0 aromatic carbocycles. The average Bonchev–Trinajstić information content (AvgIpc) is 3.57. The molecule has 21 heteroatoms. The van der Waals surface area contributed by atoms with Crippen molar-refractivity contribution < 1.29 is 66.7 Å². The molecule has 1 aromatic heterocycles. The molecule has 2 fully saturated rings. The summed E-state index contributed by atoms with van der Waals surface area (Å²) in [6, 6.07) is 0.0829. The Morgan fingerprint density at radius 3 is 2.28 bits per heavy atom. The van der Waals surface area contributed by atoms with Gasteiger partial charge in [-0.3, -0.25) is 28.5 Å². The fourth-order valence-corrected chi connectivity index (χ4v) is 7.98. The van der Waals surface area contributed by atoms with E-state index in [1.807, 2.05) is 48.5 Å². The van der Waals surface area contributed by atoms with Crippen LogP contribution < -0.4 is 21.6 Å². The molecular weight excluding hydrogens is 877 g/mol. The minimum Gasteiger partial charge on any atom is -0.456 e. The van der Waals surface area contributed by atoms with Crippen LogP contribution in [0, 0.1) is 5.41 Å². The van der Waals surface area contributed by atoms with E-state index in [9.17, 15) is 47.8 Å². The van der Waals surface area contributed by atoms with Crippen LogP contribution in [-0.2, 0) is 47.7 Å². The van der Waals surface area contributed by atoms with Gasteiger partial charge in [0, 0.05) is 42.5 Å². The van der Waals surface area contributed by atoms with Crippen molar-refractivity contribution in [3.63, 3.8) is 0 Å². The number of aliphatic hydroxyl groups excluding tert-OH is 2. The van der Waals surface area contributed by atoms with Gasteiger partial charge in [0.1, 0.15) is 17.6 Å². The maximum absolute atomic E-state index is 14.3. The quantitative estimate of drug-likeness (QED) is 0.0708. The van der Waals surface area contributed by atoms with Crippen LogP contribution in [0.4, 0.5) is 14.6 Å². The number of halogens is 2. The van der Waals surface area contributed by atoms with Crippen LogP contribution in [0.2, 0.25) is 0 Å². The summed E-state index contributed by atoms with van der Waals surface area (Å²) in [4.78, 5) is 80.1. The molecule has 1 aromatic rings. The van der Waals surface area contributed by atoms with Gasteiger partial charge in [0.2, 0.25) is 18.0 Å². The number of rotatable bonds is 29. The molecule has 0 radical (unpaired) electrons. The Morgan fingerprint density at radius 1 is 0.954 bits per heavy atom. The van der Waals surface area contributed by atoms with E-state index in [4.69, 9.17) is 23.7 Å². The lowest BCUT2D eigenvalue weighted by atomic mass is 9.81. The Balaban J connectivity index is 1.47. The number of carbonyl (C=O) groups is 5. The Kier molecular flexibility index (Phi) is 22.4. The highest BCUT2D eigenvalue weighted by Gasteiger charge is 2.51. The lowest BCUT2D eigenvalue weighted by Crippen LogP contribution is -2.49. The molecule has 0 saturated carbocycles. The summed E-state index contributed by atoms with van der Waals surface area (Å²) in [5, 5.41) is 26.7. The van der Waals surface area contributed by atoms with Crippen LogP contribution in [0.5, 0.6) is 0 Å². The summed E-state index contributed by atoms with van der Waals surface area (Å²) < 4.78 is 57.4. The molecule has 2 aliphatic heterocycles. The number of hydrogen-bond acceptors (Lipinski definition) is 15. The summed E-state index contributed by atoms with van der Waals surface area (Å²) in [5.41, 5.74) is -2.58. The van der Waals surface area contributed by atoms with E-state index in [1.165, 1.54) is 11.8 Å². The van der Waals surface area contributed by atoms with E-state index in [0.29, 0.717) is 49.0 Å². The van der Waals surface area contributed by atoms with Gasteiger partial charge in [0.15, 0.2) is 12.9 Å². The molecule has 3 unspecified atom stereocenters. The van der Waals surface area contributed by atoms with Gasteiger partial charge in [-0.2, -0.15) is 16.7 Å². The van der Waals surface area contributed by atoms with Gasteiger partial charge in [-0.05, 0) is 71.3 Å². The van der Waals surface area contributed by atoms with Crippen LogP contribution in [-0.4, -0.2) is 135 Å². The number of alkyl halides is 2. The fraction of sp³-hybridized carbons (Fsp3) is 0.795. The number of Topliss-reactive ketones (excluding diaryl/α,β-unsaturated/α-hetero) is 1. The minimum atomic E-state index is -3.44. The normalized spacial score (nSPS) is 22.0. The summed E-state index contributed by atoms with van der Waals surface area (Å²) in [5.74, 6) is -5.60. The number of anilines is 1. The predicted octanol–water partition coefficient (Wildman–Crippen LogP) is 4.19. The number of carbonyl (C=O) groups excluding carboxylic acids is 5. The number of nitrogens with zero attached hydrogens (tertiary/aromatic N) is 2. The molecule has 2 aliphatic rings. The predicted molar refractivity (Wildman–Crippen MR) is 237 cm³/mol. The summed E-state index contributed by atoms with van der Waals surface area (Å²) >= 11 is 1.37. The van der Waals surface area contributed by atoms with Crippen LogP contribution >= 0.6 is 11.8 Å².